The molecule has 0 saturated heterocycles. The van der Waals surface area contributed by atoms with E-state index in [-0.39, 0.29) is 0 Å². The first-order valence-corrected chi connectivity index (χ1v) is 7.49. The first-order valence-electron chi connectivity index (χ1n) is 6.68. The summed E-state index contributed by atoms with van der Waals surface area (Å²) in [5, 5.41) is 1.30. The SMILES string of the molecule is CN1c2ccccc2Sc2c[n+](C)c3ccccc3c21. The average molecular weight is 279 g/mol. The van der Waals surface area contributed by atoms with E-state index in [1.807, 2.05) is 11.8 Å². The third-order valence-corrected chi connectivity index (χ3v) is 4.95. The third kappa shape index (κ3) is 1.56. The summed E-state index contributed by atoms with van der Waals surface area (Å²) in [4.78, 5) is 4.94. The van der Waals surface area contributed by atoms with Crippen molar-refractivity contribution in [3.8, 4) is 0 Å². The molecule has 0 N–H and O–H groups in total. The fraction of sp³-hybridized carbons (Fsp3) is 0.118. The van der Waals surface area contributed by atoms with Crippen LogP contribution in [0.4, 0.5) is 11.4 Å². The summed E-state index contributed by atoms with van der Waals surface area (Å²) in [7, 11) is 4.27. The molecule has 0 aliphatic carbocycles. The number of aromatic nitrogens is 1. The number of fused-ring (bicyclic) bond motifs is 4. The molecule has 3 heteroatoms. The molecule has 2 heterocycles. The van der Waals surface area contributed by atoms with Gasteiger partial charge in [-0.2, -0.15) is 4.57 Å². The maximum atomic E-state index is 2.31. The Morgan fingerprint density at radius 1 is 0.950 bits per heavy atom. The molecule has 0 spiro atoms. The van der Waals surface area contributed by atoms with E-state index in [1.165, 1.54) is 32.1 Å². The van der Waals surface area contributed by atoms with Crippen molar-refractivity contribution in [2.45, 2.75) is 9.79 Å². The first kappa shape index (κ1) is 11.8. The van der Waals surface area contributed by atoms with Crippen LogP contribution in [0.15, 0.2) is 64.5 Å². The van der Waals surface area contributed by atoms with E-state index in [4.69, 9.17) is 0 Å². The Balaban J connectivity index is 2.07. The maximum Gasteiger partial charge on any atom is 0.214 e. The number of hydrogen-bond acceptors (Lipinski definition) is 2. The Morgan fingerprint density at radius 2 is 1.70 bits per heavy atom. The monoisotopic (exact) mass is 279 g/mol. The van der Waals surface area contributed by atoms with Crippen molar-refractivity contribution in [2.75, 3.05) is 11.9 Å². The van der Waals surface area contributed by atoms with Crippen LogP contribution in [0.2, 0.25) is 0 Å². The second-order valence-electron chi connectivity index (χ2n) is 5.10. The van der Waals surface area contributed by atoms with Crippen LogP contribution in [0.25, 0.3) is 10.9 Å². The third-order valence-electron chi connectivity index (χ3n) is 3.87. The van der Waals surface area contributed by atoms with Crippen LogP contribution >= 0.6 is 11.8 Å². The summed E-state index contributed by atoms with van der Waals surface area (Å²) in [6, 6.07) is 17.2. The number of pyridine rings is 1. The van der Waals surface area contributed by atoms with Crippen LogP contribution in [0.1, 0.15) is 0 Å². The average Bonchev–Trinajstić information content (AvgIpc) is 2.47. The van der Waals surface area contributed by atoms with Gasteiger partial charge in [0.05, 0.1) is 16.8 Å². The molecular weight excluding hydrogens is 264 g/mol. The smallest absolute Gasteiger partial charge is 0.214 e. The Labute approximate surface area is 122 Å². The molecule has 0 saturated carbocycles. The zero-order chi connectivity index (χ0) is 13.7. The number of benzene rings is 2. The minimum atomic E-state index is 1.26. The minimum absolute atomic E-state index is 1.26. The van der Waals surface area contributed by atoms with Gasteiger partial charge in [0, 0.05) is 18.0 Å². The van der Waals surface area contributed by atoms with Gasteiger partial charge in [-0.05, 0) is 18.2 Å². The lowest BCUT2D eigenvalue weighted by atomic mass is 10.1. The molecular formula is C17H15N2S+. The highest BCUT2D eigenvalue weighted by atomic mass is 32.2. The van der Waals surface area contributed by atoms with E-state index < -0.39 is 0 Å². The largest absolute Gasteiger partial charge is 0.342 e. The van der Waals surface area contributed by atoms with Gasteiger partial charge < -0.3 is 4.90 Å². The van der Waals surface area contributed by atoms with Crippen LogP contribution in [-0.2, 0) is 7.05 Å². The van der Waals surface area contributed by atoms with Gasteiger partial charge in [-0.25, -0.2) is 0 Å². The molecule has 20 heavy (non-hydrogen) atoms. The summed E-state index contributed by atoms with van der Waals surface area (Å²) in [5.74, 6) is 0. The van der Waals surface area contributed by atoms with Crippen LogP contribution in [0, 0.1) is 0 Å². The molecule has 1 aliphatic rings. The molecule has 0 fully saturated rings. The molecule has 0 unspecified atom stereocenters. The molecule has 3 aromatic rings. The Kier molecular flexibility index (Phi) is 2.51. The molecule has 2 aromatic carbocycles. The van der Waals surface area contributed by atoms with Crippen LogP contribution in [0.3, 0.4) is 0 Å². The van der Waals surface area contributed by atoms with Crippen molar-refractivity contribution in [3.05, 3.63) is 54.7 Å². The predicted octanol–water partition coefficient (Wildman–Crippen LogP) is 3.90. The first-order chi connectivity index (χ1) is 9.75. The van der Waals surface area contributed by atoms with Gasteiger partial charge in [0.2, 0.25) is 5.52 Å². The number of nitrogens with zero attached hydrogens (tertiary/aromatic N) is 2. The number of aryl methyl sites for hydroxylation is 1. The molecule has 0 amide bonds. The highest BCUT2D eigenvalue weighted by Crippen LogP contribution is 2.48. The lowest BCUT2D eigenvalue weighted by Crippen LogP contribution is -2.30. The summed E-state index contributed by atoms with van der Waals surface area (Å²) in [5.41, 5.74) is 3.85. The predicted molar refractivity (Wildman–Crippen MR) is 83.8 cm³/mol. The molecule has 0 radical (unpaired) electrons. The number of para-hydroxylation sites is 2. The van der Waals surface area contributed by atoms with E-state index in [2.05, 4.69) is 78.3 Å². The molecule has 4 rings (SSSR count). The Hall–Kier alpha value is -2.00. The molecule has 0 atom stereocenters. The second-order valence-corrected chi connectivity index (χ2v) is 6.18. The lowest BCUT2D eigenvalue weighted by molar-refractivity contribution is -0.646. The van der Waals surface area contributed by atoms with Gasteiger partial charge in [0.1, 0.15) is 11.9 Å². The van der Waals surface area contributed by atoms with E-state index in [1.54, 1.807) is 0 Å². The molecule has 1 aliphatic heterocycles. The van der Waals surface area contributed by atoms with Gasteiger partial charge in [-0.1, -0.05) is 36.0 Å². The van der Waals surface area contributed by atoms with E-state index in [0.717, 1.165) is 0 Å². The van der Waals surface area contributed by atoms with Gasteiger partial charge in [0.15, 0.2) is 6.20 Å². The lowest BCUT2D eigenvalue weighted by Gasteiger charge is -2.29. The molecule has 0 bridgehead atoms. The van der Waals surface area contributed by atoms with Crippen molar-refractivity contribution < 1.29 is 4.57 Å². The molecule has 98 valence electrons. The van der Waals surface area contributed by atoms with Crippen molar-refractivity contribution in [3.63, 3.8) is 0 Å². The Morgan fingerprint density at radius 3 is 2.60 bits per heavy atom. The number of hydrogen-bond donors (Lipinski definition) is 0. The summed E-state index contributed by atoms with van der Waals surface area (Å²) in [6.07, 6.45) is 2.23. The fourth-order valence-corrected chi connectivity index (χ4v) is 4.15. The fourth-order valence-electron chi connectivity index (χ4n) is 2.90. The number of rotatable bonds is 0. The summed E-state index contributed by atoms with van der Waals surface area (Å²) < 4.78 is 2.21. The van der Waals surface area contributed by atoms with Crippen molar-refractivity contribution in [2.24, 2.45) is 7.05 Å². The van der Waals surface area contributed by atoms with E-state index in [0.29, 0.717) is 0 Å². The topological polar surface area (TPSA) is 7.12 Å². The summed E-state index contributed by atoms with van der Waals surface area (Å²) in [6.45, 7) is 0. The standard InChI is InChI=1S/C17H15N2S/c1-18-11-16-17(12-7-3-4-8-13(12)18)19(2)14-9-5-6-10-15(14)20-16/h3-11H,1-2H3/q+1. The zero-order valence-electron chi connectivity index (χ0n) is 11.5. The van der Waals surface area contributed by atoms with Gasteiger partial charge in [-0.15, -0.1) is 0 Å². The van der Waals surface area contributed by atoms with Crippen LogP contribution in [-0.4, -0.2) is 7.05 Å². The van der Waals surface area contributed by atoms with E-state index >= 15 is 0 Å². The van der Waals surface area contributed by atoms with Gasteiger partial charge in [0.25, 0.3) is 0 Å². The zero-order valence-corrected chi connectivity index (χ0v) is 12.3. The van der Waals surface area contributed by atoms with Gasteiger partial charge >= 0.3 is 0 Å². The van der Waals surface area contributed by atoms with Gasteiger partial charge in [-0.3, -0.25) is 0 Å². The normalized spacial score (nSPS) is 13.2. The molecule has 2 nitrogen and oxygen atoms in total. The summed E-state index contributed by atoms with van der Waals surface area (Å²) >= 11 is 1.85. The van der Waals surface area contributed by atoms with Crippen LogP contribution < -0.4 is 9.47 Å². The minimum Gasteiger partial charge on any atom is -0.342 e. The Bertz CT molecular complexity index is 826. The number of anilines is 2. The maximum absolute atomic E-state index is 2.31. The quantitative estimate of drug-likeness (QED) is 0.576. The van der Waals surface area contributed by atoms with Crippen molar-refractivity contribution in [1.82, 2.24) is 0 Å². The van der Waals surface area contributed by atoms with Crippen molar-refractivity contribution >= 4 is 34.0 Å². The van der Waals surface area contributed by atoms with E-state index in [9.17, 15) is 0 Å². The highest BCUT2D eigenvalue weighted by molar-refractivity contribution is 7.99. The van der Waals surface area contributed by atoms with Crippen molar-refractivity contribution in [1.29, 1.82) is 0 Å². The second kappa shape index (κ2) is 4.25. The molecule has 1 aromatic heterocycles. The highest BCUT2D eigenvalue weighted by Gasteiger charge is 2.26. The van der Waals surface area contributed by atoms with Crippen LogP contribution in [0.5, 0.6) is 0 Å².